The number of rotatable bonds is 5. The fourth-order valence-electron chi connectivity index (χ4n) is 3.80. The molecule has 0 radical (unpaired) electrons. The fraction of sp³-hybridized carbons (Fsp3) is 0.292. The third kappa shape index (κ3) is 5.30. The van der Waals surface area contributed by atoms with Crippen LogP contribution in [0.2, 0.25) is 0 Å². The van der Waals surface area contributed by atoms with Crippen LogP contribution in [0.3, 0.4) is 0 Å². The van der Waals surface area contributed by atoms with Crippen molar-refractivity contribution >= 4 is 29.0 Å². The predicted molar refractivity (Wildman–Crippen MR) is 124 cm³/mol. The van der Waals surface area contributed by atoms with Crippen LogP contribution in [0.1, 0.15) is 35.3 Å². The summed E-state index contributed by atoms with van der Waals surface area (Å²) in [5.74, 6) is 0.0110. The standard InChI is InChI=1S/C24H26N4O2S/c1-17-16-31-22(26-17)18-10-12-19(13-11-18)23(29)28-14-6-5-9-21(28)15-25-24(30)27-20-7-3-2-4-8-20/h2-4,7-8,10-13,16,21H,5-6,9,14-15H2,1H3,(H2,25,27,30). The van der Waals surface area contributed by atoms with Crippen LogP contribution in [0.15, 0.2) is 60.0 Å². The van der Waals surface area contributed by atoms with Crippen molar-refractivity contribution in [3.05, 3.63) is 71.2 Å². The second-order valence-corrected chi connectivity index (χ2v) is 8.58. The van der Waals surface area contributed by atoms with Gasteiger partial charge < -0.3 is 15.5 Å². The van der Waals surface area contributed by atoms with Crippen LogP contribution < -0.4 is 10.6 Å². The predicted octanol–water partition coefficient (Wildman–Crippen LogP) is 4.93. The number of carbonyl (C=O) groups is 2. The highest BCUT2D eigenvalue weighted by Gasteiger charge is 2.27. The summed E-state index contributed by atoms with van der Waals surface area (Å²) in [4.78, 5) is 31.8. The van der Waals surface area contributed by atoms with Crippen LogP contribution in [0.5, 0.6) is 0 Å². The first-order chi connectivity index (χ1) is 15.1. The van der Waals surface area contributed by atoms with Crippen molar-refractivity contribution in [2.24, 2.45) is 0 Å². The second kappa shape index (κ2) is 9.75. The van der Waals surface area contributed by atoms with Gasteiger partial charge in [-0.1, -0.05) is 30.3 Å². The van der Waals surface area contributed by atoms with Crippen LogP contribution in [0.25, 0.3) is 10.6 Å². The zero-order chi connectivity index (χ0) is 21.6. The quantitative estimate of drug-likeness (QED) is 0.598. The Kier molecular flexibility index (Phi) is 6.62. The Morgan fingerprint density at radius 2 is 1.87 bits per heavy atom. The number of nitrogens with zero attached hydrogens (tertiary/aromatic N) is 2. The van der Waals surface area contributed by atoms with E-state index in [1.165, 1.54) is 0 Å². The lowest BCUT2D eigenvalue weighted by atomic mass is 10.0. The molecule has 0 saturated carbocycles. The third-order valence-corrected chi connectivity index (χ3v) is 6.42. The van der Waals surface area contributed by atoms with Gasteiger partial charge in [-0.2, -0.15) is 0 Å². The summed E-state index contributed by atoms with van der Waals surface area (Å²) < 4.78 is 0. The minimum Gasteiger partial charge on any atom is -0.336 e. The number of aromatic nitrogens is 1. The number of amides is 3. The number of likely N-dealkylation sites (tertiary alicyclic amines) is 1. The van der Waals surface area contributed by atoms with E-state index in [2.05, 4.69) is 15.6 Å². The van der Waals surface area contributed by atoms with Crippen LogP contribution in [-0.4, -0.2) is 41.0 Å². The zero-order valence-electron chi connectivity index (χ0n) is 17.5. The van der Waals surface area contributed by atoms with Crippen molar-refractivity contribution < 1.29 is 9.59 Å². The molecule has 160 valence electrons. The Labute approximate surface area is 186 Å². The maximum absolute atomic E-state index is 13.2. The topological polar surface area (TPSA) is 74.3 Å². The number of nitrogens with one attached hydrogen (secondary N) is 2. The van der Waals surface area contributed by atoms with E-state index < -0.39 is 0 Å². The molecular weight excluding hydrogens is 408 g/mol. The lowest BCUT2D eigenvalue weighted by Crippen LogP contribution is -2.50. The molecule has 0 bridgehead atoms. The van der Waals surface area contributed by atoms with Gasteiger partial charge in [-0.3, -0.25) is 4.79 Å². The van der Waals surface area contributed by atoms with Gasteiger partial charge in [-0.15, -0.1) is 11.3 Å². The highest BCUT2D eigenvalue weighted by molar-refractivity contribution is 7.13. The first-order valence-corrected chi connectivity index (χ1v) is 11.4. The number of piperidine rings is 1. The molecule has 1 unspecified atom stereocenters. The number of hydrogen-bond donors (Lipinski definition) is 2. The molecule has 1 saturated heterocycles. The van der Waals surface area contributed by atoms with E-state index in [0.29, 0.717) is 18.7 Å². The SMILES string of the molecule is Cc1csc(-c2ccc(C(=O)N3CCCCC3CNC(=O)Nc3ccccc3)cc2)n1. The molecule has 1 atom stereocenters. The van der Waals surface area contributed by atoms with E-state index in [-0.39, 0.29) is 18.0 Å². The Balaban J connectivity index is 1.38. The molecule has 0 spiro atoms. The van der Waals surface area contributed by atoms with Crippen molar-refractivity contribution in [3.63, 3.8) is 0 Å². The average Bonchev–Trinajstić information content (AvgIpc) is 3.24. The normalized spacial score (nSPS) is 16.0. The Bertz CT molecular complexity index is 1030. The number of hydrogen-bond acceptors (Lipinski definition) is 4. The van der Waals surface area contributed by atoms with Crippen molar-refractivity contribution in [1.82, 2.24) is 15.2 Å². The zero-order valence-corrected chi connectivity index (χ0v) is 18.3. The maximum atomic E-state index is 13.2. The number of para-hydroxylation sites is 1. The van der Waals surface area contributed by atoms with E-state index in [1.807, 2.05) is 71.8 Å². The van der Waals surface area contributed by atoms with Gasteiger partial charge in [-0.25, -0.2) is 9.78 Å². The van der Waals surface area contributed by atoms with Gasteiger partial charge in [0.25, 0.3) is 5.91 Å². The average molecular weight is 435 g/mol. The Morgan fingerprint density at radius 3 is 2.58 bits per heavy atom. The molecule has 31 heavy (non-hydrogen) atoms. The number of anilines is 1. The lowest BCUT2D eigenvalue weighted by molar-refractivity contribution is 0.0615. The Morgan fingerprint density at radius 1 is 1.10 bits per heavy atom. The van der Waals surface area contributed by atoms with Gasteiger partial charge >= 0.3 is 6.03 Å². The van der Waals surface area contributed by atoms with Crippen molar-refractivity contribution in [1.29, 1.82) is 0 Å². The van der Waals surface area contributed by atoms with Gasteiger partial charge in [0, 0.05) is 47.0 Å². The number of urea groups is 1. The van der Waals surface area contributed by atoms with E-state index in [1.54, 1.807) is 11.3 Å². The molecular formula is C24H26N4O2S. The fourth-order valence-corrected chi connectivity index (χ4v) is 4.60. The first kappa shape index (κ1) is 21.1. The van der Waals surface area contributed by atoms with E-state index in [4.69, 9.17) is 0 Å². The molecule has 1 fully saturated rings. The number of thiazole rings is 1. The molecule has 2 aromatic carbocycles. The van der Waals surface area contributed by atoms with Crippen LogP contribution in [-0.2, 0) is 0 Å². The molecule has 6 nitrogen and oxygen atoms in total. The minimum absolute atomic E-state index is 0.0101. The van der Waals surface area contributed by atoms with E-state index >= 15 is 0 Å². The monoisotopic (exact) mass is 434 g/mol. The van der Waals surface area contributed by atoms with Crippen molar-refractivity contribution in [2.75, 3.05) is 18.4 Å². The van der Waals surface area contributed by atoms with Crippen LogP contribution >= 0.6 is 11.3 Å². The van der Waals surface area contributed by atoms with Crippen LogP contribution in [0.4, 0.5) is 10.5 Å². The summed E-state index contributed by atoms with van der Waals surface area (Å²) in [5.41, 5.74) is 3.42. The molecule has 1 aliphatic heterocycles. The molecule has 3 aromatic rings. The summed E-state index contributed by atoms with van der Waals surface area (Å²) in [7, 11) is 0. The molecule has 2 heterocycles. The van der Waals surface area contributed by atoms with Crippen molar-refractivity contribution in [3.8, 4) is 10.6 Å². The molecule has 3 amide bonds. The Hall–Kier alpha value is -3.19. The van der Waals surface area contributed by atoms with Gasteiger partial charge in [0.1, 0.15) is 5.01 Å². The highest BCUT2D eigenvalue weighted by atomic mass is 32.1. The second-order valence-electron chi connectivity index (χ2n) is 7.72. The van der Waals surface area contributed by atoms with E-state index in [9.17, 15) is 9.59 Å². The summed E-state index contributed by atoms with van der Waals surface area (Å²) in [6, 6.07) is 16.7. The lowest BCUT2D eigenvalue weighted by Gasteiger charge is -2.36. The van der Waals surface area contributed by atoms with Crippen LogP contribution in [0, 0.1) is 6.92 Å². The first-order valence-electron chi connectivity index (χ1n) is 10.5. The molecule has 4 rings (SSSR count). The smallest absolute Gasteiger partial charge is 0.319 e. The van der Waals surface area contributed by atoms with Gasteiger partial charge in [0.15, 0.2) is 0 Å². The largest absolute Gasteiger partial charge is 0.336 e. The summed E-state index contributed by atoms with van der Waals surface area (Å²) in [6.45, 7) is 3.11. The number of carbonyl (C=O) groups excluding carboxylic acids is 2. The van der Waals surface area contributed by atoms with Gasteiger partial charge in [0.2, 0.25) is 0 Å². The number of benzene rings is 2. The van der Waals surface area contributed by atoms with Gasteiger partial charge in [-0.05, 0) is 50.5 Å². The molecule has 2 N–H and O–H groups in total. The van der Waals surface area contributed by atoms with E-state index in [0.717, 1.165) is 41.2 Å². The maximum Gasteiger partial charge on any atom is 0.319 e. The summed E-state index contributed by atoms with van der Waals surface area (Å²) in [6.07, 6.45) is 2.92. The van der Waals surface area contributed by atoms with Gasteiger partial charge in [0.05, 0.1) is 0 Å². The van der Waals surface area contributed by atoms with Crippen molar-refractivity contribution in [2.45, 2.75) is 32.2 Å². The number of aryl methyl sites for hydroxylation is 1. The molecule has 7 heteroatoms. The molecule has 1 aliphatic rings. The highest BCUT2D eigenvalue weighted by Crippen LogP contribution is 2.25. The summed E-state index contributed by atoms with van der Waals surface area (Å²) in [5, 5.41) is 8.72. The molecule has 0 aliphatic carbocycles. The summed E-state index contributed by atoms with van der Waals surface area (Å²) >= 11 is 1.60. The third-order valence-electron chi connectivity index (χ3n) is 5.42. The minimum atomic E-state index is -0.257. The molecule has 1 aromatic heterocycles.